The second-order valence-corrected chi connectivity index (χ2v) is 4.68. The summed E-state index contributed by atoms with van der Waals surface area (Å²) in [4.78, 5) is 24.2. The van der Waals surface area contributed by atoms with Crippen LogP contribution in [0.2, 0.25) is 0 Å². The summed E-state index contributed by atoms with van der Waals surface area (Å²) in [6.07, 6.45) is 0. The number of hydrogen-bond acceptors (Lipinski definition) is 8. The van der Waals surface area contributed by atoms with Gasteiger partial charge in [0, 0.05) is 10.8 Å². The predicted molar refractivity (Wildman–Crippen MR) is 83.1 cm³/mol. The van der Waals surface area contributed by atoms with Gasteiger partial charge in [-0.05, 0) is 12.1 Å². The molecule has 2 rings (SSSR count). The quantitative estimate of drug-likeness (QED) is 0.814. The lowest BCUT2D eigenvalue weighted by atomic mass is 9.96. The van der Waals surface area contributed by atoms with Gasteiger partial charge in [0.05, 0.1) is 39.6 Å². The van der Waals surface area contributed by atoms with E-state index < -0.39 is 11.9 Å². The minimum Gasteiger partial charge on any atom is -0.507 e. The lowest BCUT2D eigenvalue weighted by Crippen LogP contribution is -2.13. The fourth-order valence-electron chi connectivity index (χ4n) is 2.44. The van der Waals surface area contributed by atoms with Gasteiger partial charge in [0.2, 0.25) is 5.75 Å². The summed E-state index contributed by atoms with van der Waals surface area (Å²) >= 11 is 0. The lowest BCUT2D eigenvalue weighted by molar-refractivity contribution is 0.0556. The SMILES string of the molecule is COC(=O)c1cc(O)c2cc(OC)c(O)c(OC)c2c1C(=O)OC. The number of esters is 2. The van der Waals surface area contributed by atoms with Gasteiger partial charge in [0.1, 0.15) is 5.75 Å². The molecule has 0 saturated heterocycles. The van der Waals surface area contributed by atoms with Crippen molar-refractivity contribution in [1.82, 2.24) is 0 Å². The molecule has 2 aromatic carbocycles. The standard InChI is InChI=1S/C16H16O8/c1-21-10-6-7-9(17)5-8(15(19)23-3)12(16(20)24-4)11(7)14(22-2)13(10)18/h5-6,17-18H,1-4H3. The van der Waals surface area contributed by atoms with Crippen molar-refractivity contribution in [2.24, 2.45) is 0 Å². The summed E-state index contributed by atoms with van der Waals surface area (Å²) in [6, 6.07) is 2.40. The van der Waals surface area contributed by atoms with Crippen LogP contribution in [0.5, 0.6) is 23.0 Å². The van der Waals surface area contributed by atoms with E-state index in [1.807, 2.05) is 0 Å². The van der Waals surface area contributed by atoms with Gasteiger partial charge >= 0.3 is 11.9 Å². The van der Waals surface area contributed by atoms with Crippen molar-refractivity contribution in [2.75, 3.05) is 28.4 Å². The first kappa shape index (κ1) is 17.2. The van der Waals surface area contributed by atoms with Crippen LogP contribution in [0.1, 0.15) is 20.7 Å². The summed E-state index contributed by atoms with van der Waals surface area (Å²) in [5.41, 5.74) is -0.427. The van der Waals surface area contributed by atoms with Crippen LogP contribution < -0.4 is 9.47 Å². The average Bonchev–Trinajstić information content (AvgIpc) is 2.59. The van der Waals surface area contributed by atoms with Crippen molar-refractivity contribution in [3.8, 4) is 23.0 Å². The van der Waals surface area contributed by atoms with Crippen LogP contribution >= 0.6 is 0 Å². The van der Waals surface area contributed by atoms with Gasteiger partial charge in [0.25, 0.3) is 0 Å². The summed E-state index contributed by atoms with van der Waals surface area (Å²) in [7, 11) is 4.85. The van der Waals surface area contributed by atoms with Gasteiger partial charge in [-0.15, -0.1) is 0 Å². The predicted octanol–water partition coefficient (Wildman–Crippen LogP) is 1.84. The fraction of sp³-hybridized carbons (Fsp3) is 0.250. The Labute approximate surface area is 137 Å². The Hall–Kier alpha value is -3.16. The van der Waals surface area contributed by atoms with E-state index >= 15 is 0 Å². The smallest absolute Gasteiger partial charge is 0.339 e. The van der Waals surface area contributed by atoms with Crippen molar-refractivity contribution >= 4 is 22.7 Å². The molecule has 0 spiro atoms. The number of ether oxygens (including phenoxy) is 4. The average molecular weight is 336 g/mol. The van der Waals surface area contributed by atoms with E-state index in [-0.39, 0.29) is 44.9 Å². The van der Waals surface area contributed by atoms with Crippen LogP contribution in [0.3, 0.4) is 0 Å². The maximum absolute atomic E-state index is 12.2. The van der Waals surface area contributed by atoms with Crippen molar-refractivity contribution < 1.29 is 38.7 Å². The molecule has 0 aliphatic heterocycles. The first-order chi connectivity index (χ1) is 11.4. The normalized spacial score (nSPS) is 10.3. The van der Waals surface area contributed by atoms with E-state index in [1.165, 1.54) is 20.3 Å². The molecule has 8 heteroatoms. The molecule has 0 radical (unpaired) electrons. The number of phenols is 2. The third-order valence-electron chi connectivity index (χ3n) is 3.52. The molecule has 0 unspecified atom stereocenters. The number of carbonyl (C=O) groups is 2. The fourth-order valence-corrected chi connectivity index (χ4v) is 2.44. The van der Waals surface area contributed by atoms with Gasteiger partial charge in [-0.3, -0.25) is 0 Å². The number of fused-ring (bicyclic) bond motifs is 1. The molecule has 0 aliphatic rings. The first-order valence-electron chi connectivity index (χ1n) is 6.71. The summed E-state index contributed by atoms with van der Waals surface area (Å²) in [6.45, 7) is 0. The third kappa shape index (κ3) is 2.51. The Bertz CT molecular complexity index is 825. The number of methoxy groups -OCH3 is 4. The van der Waals surface area contributed by atoms with Crippen LogP contribution in [0.15, 0.2) is 12.1 Å². The highest BCUT2D eigenvalue weighted by Crippen LogP contribution is 2.47. The number of hydrogen-bond donors (Lipinski definition) is 2. The maximum atomic E-state index is 12.2. The van der Waals surface area contributed by atoms with E-state index in [1.54, 1.807) is 0 Å². The third-order valence-corrected chi connectivity index (χ3v) is 3.52. The van der Waals surface area contributed by atoms with Gasteiger partial charge in [-0.2, -0.15) is 0 Å². The molecule has 0 saturated carbocycles. The molecule has 0 bridgehead atoms. The summed E-state index contributed by atoms with van der Waals surface area (Å²) in [5, 5.41) is 20.6. The van der Waals surface area contributed by atoms with E-state index in [0.29, 0.717) is 0 Å². The second kappa shape index (κ2) is 6.53. The molecular formula is C16H16O8. The summed E-state index contributed by atoms with van der Waals surface area (Å²) < 4.78 is 19.5. The van der Waals surface area contributed by atoms with Gasteiger partial charge < -0.3 is 29.2 Å². The highest BCUT2D eigenvalue weighted by atomic mass is 16.5. The van der Waals surface area contributed by atoms with Crippen LogP contribution in [-0.2, 0) is 9.47 Å². The minimum absolute atomic E-state index is 0.00282. The van der Waals surface area contributed by atoms with Gasteiger partial charge in [-0.1, -0.05) is 0 Å². The zero-order valence-electron chi connectivity index (χ0n) is 13.5. The van der Waals surface area contributed by atoms with E-state index in [0.717, 1.165) is 20.3 Å². The van der Waals surface area contributed by atoms with Crippen molar-refractivity contribution in [3.05, 3.63) is 23.3 Å². The van der Waals surface area contributed by atoms with E-state index in [4.69, 9.17) is 14.2 Å². The van der Waals surface area contributed by atoms with E-state index in [9.17, 15) is 19.8 Å². The van der Waals surface area contributed by atoms with Gasteiger partial charge in [-0.25, -0.2) is 9.59 Å². The first-order valence-corrected chi connectivity index (χ1v) is 6.71. The number of rotatable bonds is 4. The molecular weight excluding hydrogens is 320 g/mol. The Balaban J connectivity index is 3.09. The molecule has 0 atom stereocenters. The highest BCUT2D eigenvalue weighted by molar-refractivity contribution is 6.16. The van der Waals surface area contributed by atoms with Gasteiger partial charge in [0.15, 0.2) is 11.5 Å². The van der Waals surface area contributed by atoms with Crippen molar-refractivity contribution in [2.45, 2.75) is 0 Å². The minimum atomic E-state index is -0.858. The Morgan fingerprint density at radius 2 is 1.54 bits per heavy atom. The number of phenolic OH excluding ortho intramolecular Hbond substituents is 2. The molecule has 8 nitrogen and oxygen atoms in total. The Kier molecular flexibility index (Phi) is 4.68. The van der Waals surface area contributed by atoms with Crippen LogP contribution in [0, 0.1) is 0 Å². The molecule has 24 heavy (non-hydrogen) atoms. The van der Waals surface area contributed by atoms with Crippen molar-refractivity contribution in [1.29, 1.82) is 0 Å². The molecule has 0 heterocycles. The molecule has 128 valence electrons. The zero-order valence-corrected chi connectivity index (χ0v) is 13.5. The number of carbonyl (C=O) groups excluding carboxylic acids is 2. The van der Waals surface area contributed by atoms with Crippen molar-refractivity contribution in [3.63, 3.8) is 0 Å². The molecule has 0 fully saturated rings. The highest BCUT2D eigenvalue weighted by Gasteiger charge is 2.28. The second-order valence-electron chi connectivity index (χ2n) is 4.68. The molecule has 0 aliphatic carbocycles. The molecule has 2 aromatic rings. The van der Waals surface area contributed by atoms with Crippen LogP contribution in [-0.4, -0.2) is 50.6 Å². The van der Waals surface area contributed by atoms with Crippen LogP contribution in [0.4, 0.5) is 0 Å². The number of aromatic hydroxyl groups is 2. The Morgan fingerprint density at radius 1 is 0.917 bits per heavy atom. The largest absolute Gasteiger partial charge is 0.507 e. The molecule has 0 aromatic heterocycles. The van der Waals surface area contributed by atoms with E-state index in [2.05, 4.69) is 4.74 Å². The number of benzene rings is 2. The Morgan fingerprint density at radius 3 is 2.04 bits per heavy atom. The topological polar surface area (TPSA) is 112 Å². The molecule has 2 N–H and O–H groups in total. The van der Waals surface area contributed by atoms with Crippen LogP contribution in [0.25, 0.3) is 10.8 Å². The summed E-state index contributed by atoms with van der Waals surface area (Å²) in [5.74, 6) is -2.55. The maximum Gasteiger partial charge on any atom is 0.339 e. The zero-order chi connectivity index (χ0) is 18.0. The monoisotopic (exact) mass is 336 g/mol. The molecule has 0 amide bonds. The lowest BCUT2D eigenvalue weighted by Gasteiger charge is -2.17.